The minimum absolute atomic E-state index is 0. The lowest BCUT2D eigenvalue weighted by Crippen LogP contribution is -2.26. The first-order chi connectivity index (χ1) is 10.8. The molecule has 1 aliphatic carbocycles. The number of hydrogen-bond donors (Lipinski definition) is 2. The van der Waals surface area contributed by atoms with Crippen molar-refractivity contribution in [1.29, 1.82) is 0 Å². The van der Waals surface area contributed by atoms with Gasteiger partial charge in [0.15, 0.2) is 0 Å². The molecule has 3 rings (SSSR count). The van der Waals surface area contributed by atoms with E-state index in [1.54, 1.807) is 0 Å². The van der Waals surface area contributed by atoms with Crippen molar-refractivity contribution in [2.45, 2.75) is 32.2 Å². The van der Waals surface area contributed by atoms with Crippen molar-refractivity contribution in [3.8, 4) is 5.69 Å². The van der Waals surface area contributed by atoms with Gasteiger partial charge in [-0.3, -0.25) is 4.79 Å². The summed E-state index contributed by atoms with van der Waals surface area (Å²) in [5.41, 5.74) is 4.71. The van der Waals surface area contributed by atoms with Crippen molar-refractivity contribution < 1.29 is 4.79 Å². The van der Waals surface area contributed by atoms with Crippen molar-refractivity contribution in [2.24, 2.45) is 0 Å². The molecule has 1 heterocycles. The highest BCUT2D eigenvalue weighted by Gasteiger charge is 2.23. The van der Waals surface area contributed by atoms with Crippen LogP contribution < -0.4 is 10.6 Å². The average molecular weight is 335 g/mol. The van der Waals surface area contributed by atoms with E-state index in [1.807, 2.05) is 29.9 Å². The monoisotopic (exact) mass is 334 g/mol. The van der Waals surface area contributed by atoms with E-state index in [0.717, 1.165) is 24.2 Å². The molecule has 6 heteroatoms. The molecule has 0 atom stereocenters. The first-order valence-corrected chi connectivity index (χ1v) is 7.86. The molecule has 2 N–H and O–H groups in total. The fraction of sp³-hybridized carbons (Fsp3) is 0.412. The van der Waals surface area contributed by atoms with E-state index in [2.05, 4.69) is 22.8 Å². The zero-order chi connectivity index (χ0) is 15.4. The quantitative estimate of drug-likeness (QED) is 0.849. The lowest BCUT2D eigenvalue weighted by atomic mass is 10.2. The second kappa shape index (κ2) is 8.13. The third kappa shape index (κ3) is 3.92. The van der Waals surface area contributed by atoms with Gasteiger partial charge in [0.2, 0.25) is 5.91 Å². The van der Waals surface area contributed by atoms with Gasteiger partial charge in [0.25, 0.3) is 0 Å². The minimum Gasteiger partial charge on any atom is -0.350 e. The number of hydrogen-bond acceptors (Lipinski definition) is 3. The Hall–Kier alpha value is -1.85. The number of nitrogens with one attached hydrogen (secondary N) is 2. The van der Waals surface area contributed by atoms with Gasteiger partial charge in [-0.2, -0.15) is 5.10 Å². The lowest BCUT2D eigenvalue weighted by Gasteiger charge is -2.05. The third-order valence-electron chi connectivity index (χ3n) is 4.07. The van der Waals surface area contributed by atoms with Crippen molar-refractivity contribution in [2.75, 3.05) is 13.6 Å². The van der Waals surface area contributed by atoms with Gasteiger partial charge < -0.3 is 10.6 Å². The predicted molar refractivity (Wildman–Crippen MR) is 93.2 cm³/mol. The molecule has 0 bridgehead atoms. The summed E-state index contributed by atoms with van der Waals surface area (Å²) in [6, 6.07) is 10.2. The van der Waals surface area contributed by atoms with Crippen LogP contribution in [-0.4, -0.2) is 29.3 Å². The van der Waals surface area contributed by atoms with Gasteiger partial charge in [0.05, 0.1) is 17.9 Å². The molecule has 0 radical (unpaired) electrons. The highest BCUT2D eigenvalue weighted by Crippen LogP contribution is 2.27. The van der Waals surface area contributed by atoms with Crippen LogP contribution in [0.1, 0.15) is 29.8 Å². The molecule has 2 aromatic rings. The second-order valence-electron chi connectivity index (χ2n) is 5.60. The Morgan fingerprint density at radius 2 is 2.04 bits per heavy atom. The van der Waals surface area contributed by atoms with Crippen LogP contribution in [-0.2, 0) is 24.2 Å². The number of amides is 1. The highest BCUT2D eigenvalue weighted by molar-refractivity contribution is 5.85. The molecule has 1 aromatic heterocycles. The predicted octanol–water partition coefficient (Wildman–Crippen LogP) is 2.01. The third-order valence-corrected chi connectivity index (χ3v) is 4.07. The van der Waals surface area contributed by atoms with Crippen LogP contribution in [0.5, 0.6) is 0 Å². The van der Waals surface area contributed by atoms with Crippen molar-refractivity contribution >= 4 is 18.3 Å². The number of fused-ring (bicyclic) bond motifs is 1. The van der Waals surface area contributed by atoms with Crippen LogP contribution >= 0.6 is 12.4 Å². The van der Waals surface area contributed by atoms with Gasteiger partial charge in [-0.1, -0.05) is 18.2 Å². The Kier molecular flexibility index (Phi) is 6.19. The van der Waals surface area contributed by atoms with Gasteiger partial charge in [-0.05, 0) is 44.0 Å². The summed E-state index contributed by atoms with van der Waals surface area (Å²) in [7, 11) is 1.85. The number of benzene rings is 1. The molecule has 1 amide bonds. The summed E-state index contributed by atoms with van der Waals surface area (Å²) in [5, 5.41) is 10.7. The summed E-state index contributed by atoms with van der Waals surface area (Å²) in [5.74, 6) is 0.0651. The largest absolute Gasteiger partial charge is 0.350 e. The maximum atomic E-state index is 11.8. The number of halogens is 1. The first kappa shape index (κ1) is 17.5. The molecule has 5 nitrogen and oxygen atoms in total. The number of nitrogens with zero attached hydrogens (tertiary/aromatic N) is 2. The summed E-state index contributed by atoms with van der Waals surface area (Å²) >= 11 is 0. The summed E-state index contributed by atoms with van der Waals surface area (Å²) in [6.07, 6.45) is 3.79. The van der Waals surface area contributed by atoms with E-state index in [9.17, 15) is 4.79 Å². The molecular weight excluding hydrogens is 312 g/mol. The Balaban J connectivity index is 0.00000192. The molecule has 1 aromatic carbocycles. The molecule has 124 valence electrons. The Morgan fingerprint density at radius 1 is 1.26 bits per heavy atom. The summed E-state index contributed by atoms with van der Waals surface area (Å²) in [4.78, 5) is 11.8. The lowest BCUT2D eigenvalue weighted by molar-refractivity contribution is -0.121. The maximum absolute atomic E-state index is 11.8. The molecule has 0 unspecified atom stereocenters. The van der Waals surface area contributed by atoms with Crippen molar-refractivity contribution in [3.05, 3.63) is 47.3 Å². The van der Waals surface area contributed by atoms with Crippen molar-refractivity contribution in [1.82, 2.24) is 20.4 Å². The van der Waals surface area contributed by atoms with Crippen LogP contribution in [0, 0.1) is 0 Å². The van der Waals surface area contributed by atoms with E-state index < -0.39 is 0 Å². The summed E-state index contributed by atoms with van der Waals surface area (Å²) < 4.78 is 2.04. The maximum Gasteiger partial charge on any atom is 0.221 e. The zero-order valence-electron chi connectivity index (χ0n) is 13.3. The van der Waals surface area contributed by atoms with Gasteiger partial charge >= 0.3 is 0 Å². The first-order valence-electron chi connectivity index (χ1n) is 7.86. The van der Waals surface area contributed by atoms with Gasteiger partial charge in [-0.15, -0.1) is 12.4 Å². The number of rotatable bonds is 6. The standard InChI is InChI=1S/C17H22N4O.ClH/c1-18-11-10-17(22)19-12-15-14-8-5-9-16(14)21(20-15)13-6-3-2-4-7-13;/h2-4,6-7,18H,5,8-12H2,1H3,(H,19,22);1H. The van der Waals surface area contributed by atoms with Crippen LogP contribution in [0.4, 0.5) is 0 Å². The number of carbonyl (C=O) groups excluding carboxylic acids is 1. The van der Waals surface area contributed by atoms with E-state index in [4.69, 9.17) is 5.10 Å². The number of aromatic nitrogens is 2. The topological polar surface area (TPSA) is 59.0 Å². The number of para-hydroxylation sites is 1. The zero-order valence-corrected chi connectivity index (χ0v) is 14.2. The van der Waals surface area contributed by atoms with Crippen molar-refractivity contribution in [3.63, 3.8) is 0 Å². The van der Waals surface area contributed by atoms with Gasteiger partial charge in [-0.25, -0.2) is 4.68 Å². The van der Waals surface area contributed by atoms with E-state index in [-0.39, 0.29) is 18.3 Å². The SMILES string of the molecule is CNCCC(=O)NCc1nn(-c2ccccc2)c2c1CCC2.Cl. The molecule has 0 saturated carbocycles. The Morgan fingerprint density at radius 3 is 2.78 bits per heavy atom. The minimum atomic E-state index is 0. The smallest absolute Gasteiger partial charge is 0.221 e. The molecular formula is C17H23ClN4O. The molecule has 0 aliphatic heterocycles. The number of carbonyl (C=O) groups is 1. The molecule has 1 aliphatic rings. The van der Waals surface area contributed by atoms with E-state index in [0.29, 0.717) is 19.5 Å². The highest BCUT2D eigenvalue weighted by atomic mass is 35.5. The fourth-order valence-electron chi connectivity index (χ4n) is 2.95. The van der Waals surface area contributed by atoms with Crippen LogP contribution in [0.2, 0.25) is 0 Å². The molecule has 23 heavy (non-hydrogen) atoms. The van der Waals surface area contributed by atoms with Gasteiger partial charge in [0, 0.05) is 18.7 Å². The van der Waals surface area contributed by atoms with E-state index in [1.165, 1.54) is 17.7 Å². The van der Waals surface area contributed by atoms with Crippen LogP contribution in [0.3, 0.4) is 0 Å². The Labute approximate surface area is 142 Å². The molecule has 0 fully saturated rings. The Bertz CT molecular complexity index is 654. The fourth-order valence-corrected chi connectivity index (χ4v) is 2.95. The van der Waals surface area contributed by atoms with Crippen LogP contribution in [0.25, 0.3) is 5.69 Å². The van der Waals surface area contributed by atoms with Crippen LogP contribution in [0.15, 0.2) is 30.3 Å². The summed E-state index contributed by atoms with van der Waals surface area (Å²) in [6.45, 7) is 1.22. The second-order valence-corrected chi connectivity index (χ2v) is 5.60. The molecule has 0 spiro atoms. The average Bonchev–Trinajstić information content (AvgIpc) is 3.14. The molecule has 0 saturated heterocycles. The van der Waals surface area contributed by atoms with Gasteiger partial charge in [0.1, 0.15) is 0 Å². The van der Waals surface area contributed by atoms with E-state index >= 15 is 0 Å². The normalized spacial score (nSPS) is 12.6.